The van der Waals surface area contributed by atoms with Crippen molar-refractivity contribution >= 4 is 11.7 Å². The Morgan fingerprint density at radius 1 is 1.00 bits per heavy atom. The molecule has 1 N–H and O–H groups in total. The summed E-state index contributed by atoms with van der Waals surface area (Å²) < 4.78 is 0. The van der Waals surface area contributed by atoms with E-state index in [4.69, 9.17) is 0 Å². The van der Waals surface area contributed by atoms with Crippen molar-refractivity contribution in [2.75, 3.05) is 39.3 Å². The molecule has 2 heterocycles. The Balaban J connectivity index is 1.82. The van der Waals surface area contributed by atoms with Crippen LogP contribution in [0.25, 0.3) is 0 Å². The summed E-state index contributed by atoms with van der Waals surface area (Å²) in [5.41, 5.74) is 1.03. The maximum Gasteiger partial charge on any atom is 0.244 e. The number of ketones is 1. The minimum Gasteiger partial charge on any atom is -0.338 e. The van der Waals surface area contributed by atoms with Gasteiger partial charge >= 0.3 is 0 Å². The van der Waals surface area contributed by atoms with Gasteiger partial charge in [-0.1, -0.05) is 30.3 Å². The van der Waals surface area contributed by atoms with E-state index >= 15 is 0 Å². The number of hydrogen-bond donors (Lipinski definition) is 1. The maximum atomic E-state index is 13.1. The Morgan fingerprint density at radius 3 is 2.27 bits per heavy atom. The van der Waals surface area contributed by atoms with Gasteiger partial charge in [-0.2, -0.15) is 0 Å². The second-order valence-corrected chi connectivity index (χ2v) is 5.96. The summed E-state index contributed by atoms with van der Waals surface area (Å²) in [7, 11) is 0. The first-order valence-electron chi connectivity index (χ1n) is 8.06. The zero-order valence-corrected chi connectivity index (χ0v) is 12.8. The molecular weight excluding hydrogens is 278 g/mol. The second-order valence-electron chi connectivity index (χ2n) is 5.96. The molecule has 1 aromatic carbocycles. The molecule has 2 aliphatic heterocycles. The smallest absolute Gasteiger partial charge is 0.244 e. The Kier molecular flexibility index (Phi) is 4.85. The fourth-order valence-corrected chi connectivity index (χ4v) is 3.23. The second kappa shape index (κ2) is 7.03. The van der Waals surface area contributed by atoms with Crippen molar-refractivity contribution in [3.8, 4) is 0 Å². The van der Waals surface area contributed by atoms with Gasteiger partial charge < -0.3 is 10.2 Å². The van der Waals surface area contributed by atoms with Crippen LogP contribution in [-0.4, -0.2) is 60.8 Å². The molecule has 2 aliphatic rings. The molecule has 0 saturated carbocycles. The molecule has 0 aliphatic carbocycles. The van der Waals surface area contributed by atoms with E-state index in [-0.39, 0.29) is 11.9 Å². The van der Waals surface area contributed by atoms with Crippen molar-refractivity contribution in [3.05, 3.63) is 35.9 Å². The van der Waals surface area contributed by atoms with Gasteiger partial charge in [-0.05, 0) is 5.56 Å². The molecule has 0 bridgehead atoms. The molecule has 22 heavy (non-hydrogen) atoms. The lowest BCUT2D eigenvalue weighted by atomic mass is 9.99. The highest BCUT2D eigenvalue weighted by molar-refractivity contribution is 5.84. The molecule has 0 spiro atoms. The minimum atomic E-state index is -0.257. The van der Waals surface area contributed by atoms with E-state index in [1.165, 1.54) is 0 Å². The van der Waals surface area contributed by atoms with Crippen LogP contribution in [0.15, 0.2) is 30.3 Å². The molecule has 0 aromatic heterocycles. The Labute approximate surface area is 131 Å². The van der Waals surface area contributed by atoms with Crippen LogP contribution in [0, 0.1) is 0 Å². The molecule has 1 amide bonds. The molecular formula is C17H23N3O2. The molecule has 1 aromatic rings. The zero-order valence-electron chi connectivity index (χ0n) is 12.8. The first-order chi connectivity index (χ1) is 10.8. The summed E-state index contributed by atoms with van der Waals surface area (Å²) in [6.45, 7) is 4.58. The number of Topliss-reactive ketones (excluding diaryl/α,β-unsaturated/α-hetero) is 1. The molecule has 2 saturated heterocycles. The van der Waals surface area contributed by atoms with Crippen LogP contribution in [0.4, 0.5) is 0 Å². The predicted molar refractivity (Wildman–Crippen MR) is 84.4 cm³/mol. The van der Waals surface area contributed by atoms with E-state index in [1.54, 1.807) is 0 Å². The molecule has 118 valence electrons. The monoisotopic (exact) mass is 301 g/mol. The summed E-state index contributed by atoms with van der Waals surface area (Å²) in [4.78, 5) is 28.7. The fourth-order valence-electron chi connectivity index (χ4n) is 3.23. The number of benzene rings is 1. The van der Waals surface area contributed by atoms with Crippen molar-refractivity contribution in [1.29, 1.82) is 0 Å². The standard InChI is InChI=1S/C17H23N3O2/c21-15-6-10-19(11-7-15)16(14-4-2-1-3-5-14)17(22)20-12-8-18-9-13-20/h1-5,16,18H,6-13H2. The summed E-state index contributed by atoms with van der Waals surface area (Å²) in [5, 5.41) is 3.28. The van der Waals surface area contributed by atoms with Crippen molar-refractivity contribution in [2.45, 2.75) is 18.9 Å². The lowest BCUT2D eigenvalue weighted by Crippen LogP contribution is -2.51. The summed E-state index contributed by atoms with van der Waals surface area (Å²) in [5.74, 6) is 0.472. The molecule has 3 rings (SSSR count). The number of likely N-dealkylation sites (tertiary alicyclic amines) is 1. The van der Waals surface area contributed by atoms with Crippen LogP contribution in [0.5, 0.6) is 0 Å². The first-order valence-corrected chi connectivity index (χ1v) is 8.06. The van der Waals surface area contributed by atoms with Gasteiger partial charge in [0.15, 0.2) is 0 Å². The van der Waals surface area contributed by atoms with Gasteiger partial charge in [-0.25, -0.2) is 0 Å². The molecule has 2 fully saturated rings. The van der Waals surface area contributed by atoms with Crippen molar-refractivity contribution in [2.24, 2.45) is 0 Å². The number of hydrogen-bond acceptors (Lipinski definition) is 4. The highest BCUT2D eigenvalue weighted by Crippen LogP contribution is 2.26. The Hall–Kier alpha value is -1.72. The molecule has 1 unspecified atom stereocenters. The average molecular weight is 301 g/mol. The SMILES string of the molecule is O=C1CCN(C(C(=O)N2CCNCC2)c2ccccc2)CC1. The third kappa shape index (κ3) is 3.36. The van der Waals surface area contributed by atoms with Gasteiger partial charge in [0.1, 0.15) is 11.8 Å². The highest BCUT2D eigenvalue weighted by atomic mass is 16.2. The fraction of sp³-hybridized carbons (Fsp3) is 0.529. The summed E-state index contributed by atoms with van der Waals surface area (Å²) in [6.07, 6.45) is 1.11. The largest absolute Gasteiger partial charge is 0.338 e. The van der Waals surface area contributed by atoms with Crippen LogP contribution in [-0.2, 0) is 9.59 Å². The van der Waals surface area contributed by atoms with E-state index in [0.29, 0.717) is 31.7 Å². The quantitative estimate of drug-likeness (QED) is 0.898. The number of nitrogens with zero attached hydrogens (tertiary/aromatic N) is 2. The number of nitrogens with one attached hydrogen (secondary N) is 1. The van der Waals surface area contributed by atoms with Crippen molar-refractivity contribution in [3.63, 3.8) is 0 Å². The van der Waals surface area contributed by atoms with Gasteiger partial charge in [-0.3, -0.25) is 14.5 Å². The van der Waals surface area contributed by atoms with Gasteiger partial charge in [-0.15, -0.1) is 0 Å². The topological polar surface area (TPSA) is 52.7 Å². The highest BCUT2D eigenvalue weighted by Gasteiger charge is 2.33. The van der Waals surface area contributed by atoms with Crippen LogP contribution >= 0.6 is 0 Å². The van der Waals surface area contributed by atoms with Gasteiger partial charge in [0.05, 0.1) is 0 Å². The van der Waals surface area contributed by atoms with Crippen LogP contribution in [0.2, 0.25) is 0 Å². The average Bonchev–Trinajstić information content (AvgIpc) is 2.58. The van der Waals surface area contributed by atoms with Crippen molar-refractivity contribution < 1.29 is 9.59 Å². The number of rotatable bonds is 3. The number of piperazine rings is 1. The maximum absolute atomic E-state index is 13.1. The van der Waals surface area contributed by atoms with E-state index in [2.05, 4.69) is 10.2 Å². The zero-order chi connectivity index (χ0) is 15.4. The summed E-state index contributed by atoms with van der Waals surface area (Å²) in [6, 6.07) is 9.69. The van der Waals surface area contributed by atoms with E-state index in [9.17, 15) is 9.59 Å². The number of carbonyl (C=O) groups is 2. The van der Waals surface area contributed by atoms with E-state index in [0.717, 1.165) is 31.7 Å². The lowest BCUT2D eigenvalue weighted by Gasteiger charge is -2.38. The number of carbonyl (C=O) groups excluding carboxylic acids is 2. The third-order valence-corrected chi connectivity index (χ3v) is 4.50. The predicted octanol–water partition coefficient (Wildman–Crippen LogP) is 0.824. The number of piperidine rings is 1. The van der Waals surface area contributed by atoms with Gasteiger partial charge in [0, 0.05) is 52.1 Å². The van der Waals surface area contributed by atoms with Crippen LogP contribution < -0.4 is 5.32 Å². The van der Waals surface area contributed by atoms with E-state index < -0.39 is 0 Å². The van der Waals surface area contributed by atoms with Gasteiger partial charge in [0.2, 0.25) is 5.91 Å². The Morgan fingerprint density at radius 2 is 1.64 bits per heavy atom. The minimum absolute atomic E-state index is 0.169. The van der Waals surface area contributed by atoms with Crippen LogP contribution in [0.3, 0.4) is 0 Å². The molecule has 5 nitrogen and oxygen atoms in total. The van der Waals surface area contributed by atoms with E-state index in [1.807, 2.05) is 35.2 Å². The number of amides is 1. The Bertz CT molecular complexity index is 516. The first kappa shape index (κ1) is 15.2. The molecule has 1 atom stereocenters. The summed E-state index contributed by atoms with van der Waals surface area (Å²) >= 11 is 0. The third-order valence-electron chi connectivity index (χ3n) is 4.50. The normalized spacial score (nSPS) is 21.6. The molecule has 0 radical (unpaired) electrons. The van der Waals surface area contributed by atoms with Gasteiger partial charge in [0.25, 0.3) is 0 Å². The van der Waals surface area contributed by atoms with Crippen LogP contribution in [0.1, 0.15) is 24.4 Å². The lowest BCUT2D eigenvalue weighted by molar-refractivity contribution is -0.139. The van der Waals surface area contributed by atoms with Crippen molar-refractivity contribution in [1.82, 2.24) is 15.1 Å². The molecule has 5 heteroatoms.